The Labute approximate surface area is 104 Å². The zero-order valence-electron chi connectivity index (χ0n) is 9.68. The highest BCUT2D eigenvalue weighted by Crippen LogP contribution is 2.05. The number of thiophene rings is 1. The van der Waals surface area contributed by atoms with Gasteiger partial charge in [0, 0.05) is 26.6 Å². The fourth-order valence-electron chi connectivity index (χ4n) is 1.27. The number of aliphatic carboxylic acids is 1. The smallest absolute Gasteiger partial charge is 0.317 e. The van der Waals surface area contributed by atoms with Gasteiger partial charge >= 0.3 is 12.0 Å². The topological polar surface area (TPSA) is 69.6 Å². The molecule has 2 N–H and O–H groups in total. The van der Waals surface area contributed by atoms with Crippen LogP contribution in [0.3, 0.4) is 0 Å². The first-order chi connectivity index (χ1) is 8.09. The predicted octanol–water partition coefficient (Wildman–Crippen LogP) is 1.75. The van der Waals surface area contributed by atoms with Crippen LogP contribution in [0.25, 0.3) is 0 Å². The van der Waals surface area contributed by atoms with Crippen LogP contribution in [0.2, 0.25) is 0 Å². The molecule has 0 atom stereocenters. The summed E-state index contributed by atoms with van der Waals surface area (Å²) < 4.78 is 0. The molecule has 0 saturated carbocycles. The Bertz CT molecular complexity index is 365. The van der Waals surface area contributed by atoms with Gasteiger partial charge in [-0.1, -0.05) is 0 Å². The highest BCUT2D eigenvalue weighted by Gasteiger charge is 2.08. The van der Waals surface area contributed by atoms with Crippen LogP contribution in [-0.2, 0) is 11.3 Å². The number of hydrogen-bond donors (Lipinski definition) is 2. The second-order valence-electron chi connectivity index (χ2n) is 3.71. The van der Waals surface area contributed by atoms with E-state index in [2.05, 4.69) is 5.32 Å². The number of hydrogen-bond acceptors (Lipinski definition) is 3. The van der Waals surface area contributed by atoms with Crippen LogP contribution in [0.4, 0.5) is 4.79 Å². The average molecular weight is 256 g/mol. The van der Waals surface area contributed by atoms with Crippen LogP contribution < -0.4 is 5.32 Å². The van der Waals surface area contributed by atoms with Crippen molar-refractivity contribution in [3.63, 3.8) is 0 Å². The third-order valence-corrected chi connectivity index (χ3v) is 2.99. The Morgan fingerprint density at radius 2 is 2.29 bits per heavy atom. The fraction of sp³-hybridized carbons (Fsp3) is 0.455. The van der Waals surface area contributed by atoms with E-state index in [4.69, 9.17) is 5.11 Å². The number of nitrogens with one attached hydrogen (secondary N) is 1. The lowest BCUT2D eigenvalue weighted by Gasteiger charge is -2.17. The number of carbonyl (C=O) groups is 2. The highest BCUT2D eigenvalue weighted by molar-refractivity contribution is 7.07. The lowest BCUT2D eigenvalue weighted by Crippen LogP contribution is -2.37. The lowest BCUT2D eigenvalue weighted by atomic mass is 10.3. The number of rotatable bonds is 6. The Balaban J connectivity index is 2.20. The number of carboxylic acid groups (broad SMARTS) is 1. The van der Waals surface area contributed by atoms with E-state index in [0.717, 1.165) is 5.56 Å². The summed E-state index contributed by atoms with van der Waals surface area (Å²) in [5.74, 6) is -0.836. The predicted molar refractivity (Wildman–Crippen MR) is 66.1 cm³/mol. The van der Waals surface area contributed by atoms with Gasteiger partial charge in [-0.25, -0.2) is 4.79 Å². The van der Waals surface area contributed by atoms with Gasteiger partial charge in [-0.3, -0.25) is 4.79 Å². The maximum absolute atomic E-state index is 11.6. The molecule has 0 aliphatic carbocycles. The van der Waals surface area contributed by atoms with Gasteiger partial charge in [-0.15, -0.1) is 0 Å². The standard InChI is InChI=1S/C11H16N2O3S/c1-13(5-2-3-10(14)15)11(16)12-7-9-4-6-17-8-9/h4,6,8H,2-3,5,7H2,1H3,(H,12,16)(H,14,15). The summed E-state index contributed by atoms with van der Waals surface area (Å²) in [5.41, 5.74) is 1.07. The Hall–Kier alpha value is -1.56. The maximum Gasteiger partial charge on any atom is 0.317 e. The molecule has 17 heavy (non-hydrogen) atoms. The van der Waals surface area contributed by atoms with Crippen LogP contribution >= 0.6 is 11.3 Å². The molecule has 0 aromatic carbocycles. The van der Waals surface area contributed by atoms with E-state index < -0.39 is 5.97 Å². The molecule has 0 aliphatic rings. The summed E-state index contributed by atoms with van der Waals surface area (Å²) in [6.45, 7) is 0.952. The van der Waals surface area contributed by atoms with Gasteiger partial charge in [0.15, 0.2) is 0 Å². The first kappa shape index (κ1) is 13.5. The van der Waals surface area contributed by atoms with Crippen molar-refractivity contribution in [3.8, 4) is 0 Å². The van der Waals surface area contributed by atoms with Gasteiger partial charge in [0.05, 0.1) is 0 Å². The van der Waals surface area contributed by atoms with E-state index in [-0.39, 0.29) is 12.5 Å². The molecule has 1 rings (SSSR count). The molecule has 0 unspecified atom stereocenters. The normalized spacial score (nSPS) is 9.94. The zero-order valence-corrected chi connectivity index (χ0v) is 10.5. The van der Waals surface area contributed by atoms with Crippen molar-refractivity contribution < 1.29 is 14.7 Å². The second kappa shape index (κ2) is 6.90. The second-order valence-corrected chi connectivity index (χ2v) is 4.49. The first-order valence-electron chi connectivity index (χ1n) is 5.31. The molecule has 0 radical (unpaired) electrons. The van der Waals surface area contributed by atoms with Gasteiger partial charge in [0.25, 0.3) is 0 Å². The molecule has 1 heterocycles. The maximum atomic E-state index is 11.6. The van der Waals surface area contributed by atoms with Crippen LogP contribution in [0, 0.1) is 0 Å². The van der Waals surface area contributed by atoms with Gasteiger partial charge < -0.3 is 15.3 Å². The van der Waals surface area contributed by atoms with E-state index in [1.54, 1.807) is 18.4 Å². The molecule has 5 nitrogen and oxygen atoms in total. The quantitative estimate of drug-likeness (QED) is 0.814. The van der Waals surface area contributed by atoms with E-state index in [9.17, 15) is 9.59 Å². The Kier molecular flexibility index (Phi) is 5.48. The Morgan fingerprint density at radius 3 is 2.88 bits per heavy atom. The SMILES string of the molecule is CN(CCCC(=O)O)C(=O)NCc1ccsc1. The minimum absolute atomic E-state index is 0.0855. The van der Waals surface area contributed by atoms with E-state index in [0.29, 0.717) is 19.5 Å². The minimum atomic E-state index is -0.836. The molecule has 94 valence electrons. The van der Waals surface area contributed by atoms with Crippen LogP contribution in [0.5, 0.6) is 0 Å². The molecule has 2 amide bonds. The molecule has 0 saturated heterocycles. The molecule has 6 heteroatoms. The van der Waals surface area contributed by atoms with Crippen LogP contribution in [0.15, 0.2) is 16.8 Å². The number of carbonyl (C=O) groups excluding carboxylic acids is 1. The molecule has 0 bridgehead atoms. The summed E-state index contributed by atoms with van der Waals surface area (Å²) in [6, 6.07) is 1.77. The molecular formula is C11H16N2O3S. The van der Waals surface area contributed by atoms with Gasteiger partial charge in [0.2, 0.25) is 0 Å². The molecular weight excluding hydrogens is 240 g/mol. The van der Waals surface area contributed by atoms with E-state index in [1.807, 2.05) is 16.8 Å². The molecule has 1 aromatic rings. The summed E-state index contributed by atoms with van der Waals surface area (Å²) in [5, 5.41) is 15.2. The molecule has 0 spiro atoms. The lowest BCUT2D eigenvalue weighted by molar-refractivity contribution is -0.137. The summed E-state index contributed by atoms with van der Waals surface area (Å²) in [7, 11) is 1.66. The van der Waals surface area contributed by atoms with Gasteiger partial charge in [0.1, 0.15) is 0 Å². The van der Waals surface area contributed by atoms with Crippen molar-refractivity contribution in [3.05, 3.63) is 22.4 Å². The van der Waals surface area contributed by atoms with Gasteiger partial charge in [-0.2, -0.15) is 11.3 Å². The third kappa shape index (κ3) is 5.35. The van der Waals surface area contributed by atoms with Crippen molar-refractivity contribution in [1.29, 1.82) is 0 Å². The van der Waals surface area contributed by atoms with Crippen molar-refractivity contribution >= 4 is 23.3 Å². The van der Waals surface area contributed by atoms with Crippen molar-refractivity contribution in [2.45, 2.75) is 19.4 Å². The first-order valence-corrected chi connectivity index (χ1v) is 6.25. The van der Waals surface area contributed by atoms with Crippen molar-refractivity contribution in [2.75, 3.05) is 13.6 Å². The average Bonchev–Trinajstić information content (AvgIpc) is 2.78. The minimum Gasteiger partial charge on any atom is -0.481 e. The van der Waals surface area contributed by atoms with Crippen molar-refractivity contribution in [1.82, 2.24) is 10.2 Å². The molecule has 0 fully saturated rings. The van der Waals surface area contributed by atoms with Crippen molar-refractivity contribution in [2.24, 2.45) is 0 Å². The molecule has 0 aliphatic heterocycles. The summed E-state index contributed by atoms with van der Waals surface area (Å²) in [6.07, 6.45) is 0.555. The van der Waals surface area contributed by atoms with E-state index >= 15 is 0 Å². The highest BCUT2D eigenvalue weighted by atomic mass is 32.1. The zero-order chi connectivity index (χ0) is 12.7. The summed E-state index contributed by atoms with van der Waals surface area (Å²) >= 11 is 1.59. The largest absolute Gasteiger partial charge is 0.481 e. The number of nitrogens with zero attached hydrogens (tertiary/aromatic N) is 1. The van der Waals surface area contributed by atoms with Crippen LogP contribution in [0.1, 0.15) is 18.4 Å². The summed E-state index contributed by atoms with van der Waals surface area (Å²) in [4.78, 5) is 23.4. The third-order valence-electron chi connectivity index (χ3n) is 2.25. The Morgan fingerprint density at radius 1 is 1.53 bits per heavy atom. The monoisotopic (exact) mass is 256 g/mol. The fourth-order valence-corrected chi connectivity index (χ4v) is 1.94. The van der Waals surface area contributed by atoms with E-state index in [1.165, 1.54) is 4.90 Å². The van der Waals surface area contributed by atoms with Gasteiger partial charge in [-0.05, 0) is 28.8 Å². The number of amides is 2. The number of carboxylic acids is 1. The van der Waals surface area contributed by atoms with Crippen LogP contribution in [-0.4, -0.2) is 35.6 Å². The molecule has 1 aromatic heterocycles. The number of urea groups is 1.